The Morgan fingerprint density at radius 2 is 1.90 bits per heavy atom. The number of fused-ring (bicyclic) bond motifs is 1. The van der Waals surface area contributed by atoms with Crippen molar-refractivity contribution in [1.29, 1.82) is 5.41 Å². The quantitative estimate of drug-likeness (QED) is 0.361. The first-order valence-electron chi connectivity index (χ1n) is 9.05. The smallest absolute Gasteiger partial charge is 0.194 e. The van der Waals surface area contributed by atoms with Crippen LogP contribution in [0.2, 0.25) is 0 Å². The molecule has 2 aromatic carbocycles. The van der Waals surface area contributed by atoms with Crippen molar-refractivity contribution in [2.24, 2.45) is 5.73 Å². The zero-order chi connectivity index (χ0) is 20.2. The van der Waals surface area contributed by atoms with Crippen LogP contribution in [-0.4, -0.2) is 23.2 Å². The third-order valence-corrected chi connectivity index (χ3v) is 4.53. The number of hydrogen-bond acceptors (Lipinski definition) is 7. The van der Waals surface area contributed by atoms with Gasteiger partial charge in [0.15, 0.2) is 17.2 Å². The Kier molecular flexibility index (Phi) is 4.94. The average molecular weight is 384 g/mol. The summed E-state index contributed by atoms with van der Waals surface area (Å²) in [6, 6.07) is 17.3. The summed E-state index contributed by atoms with van der Waals surface area (Å²) in [7, 11) is 1.87. The second-order valence-electron chi connectivity index (χ2n) is 6.33. The fourth-order valence-electron chi connectivity index (χ4n) is 3.00. The molecule has 0 saturated carbocycles. The molecule has 0 aliphatic carbocycles. The van der Waals surface area contributed by atoms with Gasteiger partial charge in [0.05, 0.1) is 6.26 Å². The highest BCUT2D eigenvalue weighted by molar-refractivity contribution is 6.08. The maximum atomic E-state index is 7.41. The van der Waals surface area contributed by atoms with E-state index in [1.165, 1.54) is 12.4 Å². The normalized spacial score (nSPS) is 11.4. The molecule has 7 heteroatoms. The molecule has 0 spiro atoms. The highest BCUT2D eigenvalue weighted by atomic mass is 16.3. The fraction of sp³-hybridized carbons (Fsp3) is 0.0455. The van der Waals surface area contributed by atoms with Gasteiger partial charge in [0.1, 0.15) is 5.52 Å². The van der Waals surface area contributed by atoms with Crippen LogP contribution in [0.1, 0.15) is 5.56 Å². The van der Waals surface area contributed by atoms with Crippen molar-refractivity contribution in [2.75, 3.05) is 17.7 Å². The lowest BCUT2D eigenvalue weighted by molar-refractivity contribution is 0.615. The van der Waals surface area contributed by atoms with Gasteiger partial charge in [-0.25, -0.2) is 9.97 Å². The Hall–Kier alpha value is -4.13. The average Bonchev–Trinajstić information content (AvgIpc) is 3.25. The number of nitrogens with one attached hydrogen (secondary N) is 3. The molecule has 5 N–H and O–H groups in total. The number of allylic oxidation sites excluding steroid dienone is 1. The van der Waals surface area contributed by atoms with Crippen LogP contribution >= 0.6 is 0 Å². The summed E-state index contributed by atoms with van der Waals surface area (Å²) in [5.41, 5.74) is 11.1. The van der Waals surface area contributed by atoms with E-state index in [2.05, 4.69) is 15.6 Å². The maximum absolute atomic E-state index is 7.41. The molecule has 4 rings (SSSR count). The van der Waals surface area contributed by atoms with E-state index in [0.717, 1.165) is 28.0 Å². The van der Waals surface area contributed by atoms with Crippen LogP contribution in [0.25, 0.3) is 28.1 Å². The topological polar surface area (TPSA) is 113 Å². The van der Waals surface area contributed by atoms with Gasteiger partial charge in [-0.3, -0.25) is 0 Å². The molecular formula is C22H20N6O. The molecule has 0 radical (unpaired) electrons. The van der Waals surface area contributed by atoms with Crippen LogP contribution in [0.15, 0.2) is 71.5 Å². The Bertz CT molecular complexity index is 1190. The summed E-state index contributed by atoms with van der Waals surface area (Å²) in [6.45, 7) is 0. The summed E-state index contributed by atoms with van der Waals surface area (Å²) in [5, 5.41) is 13.8. The number of aromatic nitrogens is 2. The first kappa shape index (κ1) is 18.2. The van der Waals surface area contributed by atoms with Crippen molar-refractivity contribution in [3.05, 3.63) is 72.6 Å². The van der Waals surface area contributed by atoms with Gasteiger partial charge in [-0.1, -0.05) is 24.3 Å². The number of anilines is 3. The van der Waals surface area contributed by atoms with Crippen molar-refractivity contribution < 1.29 is 4.42 Å². The molecule has 2 heterocycles. The summed E-state index contributed by atoms with van der Waals surface area (Å²) in [6.07, 6.45) is 4.24. The van der Waals surface area contributed by atoms with Crippen molar-refractivity contribution >= 4 is 40.1 Å². The van der Waals surface area contributed by atoms with Crippen LogP contribution in [-0.2, 0) is 0 Å². The largest absolute Gasteiger partial charge is 0.459 e. The monoisotopic (exact) mass is 384 g/mol. The van der Waals surface area contributed by atoms with E-state index in [1.807, 2.05) is 61.6 Å². The second-order valence-corrected chi connectivity index (χ2v) is 6.33. The first-order valence-corrected chi connectivity index (χ1v) is 9.05. The zero-order valence-corrected chi connectivity index (χ0v) is 15.8. The van der Waals surface area contributed by atoms with E-state index in [0.29, 0.717) is 22.8 Å². The highest BCUT2D eigenvalue weighted by Gasteiger charge is 2.13. The molecule has 0 aliphatic rings. The van der Waals surface area contributed by atoms with E-state index in [-0.39, 0.29) is 0 Å². The minimum atomic E-state index is 0.583. The van der Waals surface area contributed by atoms with Crippen LogP contribution < -0.4 is 16.4 Å². The standard InChI is InChI=1S/C22H20N6O/c1-25-18-4-2-3-15(11-18)21-27-19-9-10-29-20(19)22(28-21)26-17-7-5-14(6-8-17)16(12-23)13-24/h2-13,23,25H,24H2,1H3,(H,26,27,28)/b16-13+,23-12?. The summed E-state index contributed by atoms with van der Waals surface area (Å²) in [4.78, 5) is 9.32. The maximum Gasteiger partial charge on any atom is 0.194 e. The van der Waals surface area contributed by atoms with Crippen molar-refractivity contribution in [1.82, 2.24) is 9.97 Å². The number of benzene rings is 2. The number of furan rings is 1. The second kappa shape index (κ2) is 7.85. The van der Waals surface area contributed by atoms with Crippen LogP contribution in [0, 0.1) is 5.41 Å². The number of rotatable bonds is 6. The summed E-state index contributed by atoms with van der Waals surface area (Å²) in [5.74, 6) is 1.19. The lowest BCUT2D eigenvalue weighted by Gasteiger charge is -2.10. The van der Waals surface area contributed by atoms with Crippen LogP contribution in [0.4, 0.5) is 17.2 Å². The molecule has 0 fully saturated rings. The predicted molar refractivity (Wildman–Crippen MR) is 117 cm³/mol. The molecule has 2 aromatic heterocycles. The van der Waals surface area contributed by atoms with Gasteiger partial charge in [-0.2, -0.15) is 0 Å². The first-order chi connectivity index (χ1) is 14.2. The van der Waals surface area contributed by atoms with Gasteiger partial charge >= 0.3 is 0 Å². The Morgan fingerprint density at radius 3 is 2.62 bits per heavy atom. The van der Waals surface area contributed by atoms with Gasteiger partial charge in [-0.15, -0.1) is 0 Å². The number of nitrogens with two attached hydrogens (primary N) is 1. The lowest BCUT2D eigenvalue weighted by Crippen LogP contribution is -1.99. The third kappa shape index (κ3) is 3.66. The van der Waals surface area contributed by atoms with Gasteiger partial charge < -0.3 is 26.2 Å². The molecular weight excluding hydrogens is 364 g/mol. The zero-order valence-electron chi connectivity index (χ0n) is 15.8. The van der Waals surface area contributed by atoms with E-state index in [1.54, 1.807) is 6.26 Å². The van der Waals surface area contributed by atoms with Gasteiger partial charge in [0.25, 0.3) is 0 Å². The molecule has 7 nitrogen and oxygen atoms in total. The van der Waals surface area contributed by atoms with E-state index in [9.17, 15) is 0 Å². The van der Waals surface area contributed by atoms with Crippen LogP contribution in [0.3, 0.4) is 0 Å². The summed E-state index contributed by atoms with van der Waals surface area (Å²) >= 11 is 0. The van der Waals surface area contributed by atoms with E-state index >= 15 is 0 Å². The Labute approximate surface area is 167 Å². The van der Waals surface area contributed by atoms with Gasteiger partial charge in [0, 0.05) is 48.0 Å². The van der Waals surface area contributed by atoms with Gasteiger partial charge in [-0.05, 0) is 29.8 Å². The molecule has 29 heavy (non-hydrogen) atoms. The molecule has 4 aromatic rings. The lowest BCUT2D eigenvalue weighted by atomic mass is 10.1. The van der Waals surface area contributed by atoms with Gasteiger partial charge in [0.2, 0.25) is 0 Å². The predicted octanol–water partition coefficient (Wildman–Crippen LogP) is 4.62. The summed E-state index contributed by atoms with van der Waals surface area (Å²) < 4.78 is 5.60. The Balaban J connectivity index is 1.72. The van der Waals surface area contributed by atoms with Crippen molar-refractivity contribution in [3.8, 4) is 11.4 Å². The number of nitrogens with zero attached hydrogens (tertiary/aromatic N) is 2. The highest BCUT2D eigenvalue weighted by Crippen LogP contribution is 2.29. The molecule has 0 bridgehead atoms. The molecule has 0 unspecified atom stereocenters. The number of hydrogen-bond donors (Lipinski definition) is 4. The van der Waals surface area contributed by atoms with Crippen molar-refractivity contribution in [2.45, 2.75) is 0 Å². The molecule has 0 amide bonds. The van der Waals surface area contributed by atoms with Crippen LogP contribution in [0.5, 0.6) is 0 Å². The minimum absolute atomic E-state index is 0.583. The molecule has 0 aliphatic heterocycles. The SMILES string of the molecule is CNc1cccc(-c2nc(Nc3ccc(/C(C=N)=C/N)cc3)c3occc3n2)c1. The fourth-order valence-corrected chi connectivity index (χ4v) is 3.00. The van der Waals surface area contributed by atoms with Crippen molar-refractivity contribution in [3.63, 3.8) is 0 Å². The molecule has 144 valence electrons. The van der Waals surface area contributed by atoms with E-state index in [4.69, 9.17) is 20.5 Å². The molecule has 0 saturated heterocycles. The minimum Gasteiger partial charge on any atom is -0.459 e. The third-order valence-electron chi connectivity index (χ3n) is 4.53. The van der Waals surface area contributed by atoms with E-state index < -0.39 is 0 Å². The Morgan fingerprint density at radius 1 is 1.07 bits per heavy atom. The molecule has 0 atom stereocenters.